The van der Waals surface area contributed by atoms with E-state index in [1.807, 2.05) is 0 Å². The zero-order valence-electron chi connectivity index (χ0n) is 19.9. The number of aliphatic hydroxyl groups excluding tert-OH is 5. The molecule has 0 bridgehead atoms. The SMILES string of the molecule is Cn1cc(C(=O)NC[C@H](O)[C@@H](O)[C@H](O)[C@H](O)CO)c2ccc(OC(=O)c3ccc(N=C(N)N)cc3)cc21. The van der Waals surface area contributed by atoms with Gasteiger partial charge in [0.05, 0.1) is 35.0 Å². The first-order chi connectivity index (χ1) is 17.5. The molecular weight excluding hydrogens is 486 g/mol. The first-order valence-corrected chi connectivity index (χ1v) is 11.1. The number of nitrogens with two attached hydrogens (primary N) is 2. The first kappa shape index (κ1) is 27.6. The third kappa shape index (κ3) is 6.61. The van der Waals surface area contributed by atoms with Crippen molar-refractivity contribution in [1.29, 1.82) is 0 Å². The number of rotatable bonds is 10. The lowest BCUT2D eigenvalue weighted by atomic mass is 10.0. The number of aliphatic imine (C=N–C) groups is 1. The minimum Gasteiger partial charge on any atom is -0.423 e. The van der Waals surface area contributed by atoms with Crippen LogP contribution in [0.25, 0.3) is 10.9 Å². The normalized spacial score (nSPS) is 14.4. The molecular formula is C24H29N5O8. The van der Waals surface area contributed by atoms with E-state index in [-0.39, 0.29) is 22.8 Å². The van der Waals surface area contributed by atoms with Gasteiger partial charge in [0.2, 0.25) is 0 Å². The van der Waals surface area contributed by atoms with Crippen LogP contribution in [-0.2, 0) is 7.05 Å². The molecule has 0 saturated carbocycles. The van der Waals surface area contributed by atoms with Crippen LogP contribution in [-0.4, -0.2) is 85.5 Å². The molecule has 0 aliphatic rings. The Kier molecular flexibility index (Phi) is 8.81. The van der Waals surface area contributed by atoms with E-state index in [1.165, 1.54) is 18.2 Å². The van der Waals surface area contributed by atoms with Crippen LogP contribution in [0.5, 0.6) is 5.75 Å². The Morgan fingerprint density at radius 2 is 1.68 bits per heavy atom. The Labute approximate surface area is 211 Å². The Balaban J connectivity index is 1.69. The van der Waals surface area contributed by atoms with Gasteiger partial charge in [-0.25, -0.2) is 9.79 Å². The Hall–Kier alpha value is -4.01. The van der Waals surface area contributed by atoms with Crippen LogP contribution in [0.2, 0.25) is 0 Å². The van der Waals surface area contributed by atoms with Crippen LogP contribution in [0.15, 0.2) is 53.7 Å². The molecule has 2 aromatic carbocycles. The summed E-state index contributed by atoms with van der Waals surface area (Å²) in [4.78, 5) is 29.1. The number of ether oxygens (including phenoxy) is 1. The standard InChI is InChI=1S/C24H29N5O8/c1-29-10-16(22(35)27-9-18(31)20(33)21(34)19(32)11-30)15-7-6-14(8-17(15)29)37-23(36)12-2-4-13(5-3-12)28-24(25)26/h2-8,10,18-21,30-34H,9,11H2,1H3,(H,27,35)(H4,25,26,28)/t18-,19+,20+,21+/m0/s1. The van der Waals surface area contributed by atoms with E-state index in [0.29, 0.717) is 16.6 Å². The van der Waals surface area contributed by atoms with Crippen LogP contribution < -0.4 is 21.5 Å². The Morgan fingerprint density at radius 3 is 2.30 bits per heavy atom. The fourth-order valence-electron chi connectivity index (χ4n) is 3.57. The van der Waals surface area contributed by atoms with E-state index in [2.05, 4.69) is 10.3 Å². The second-order valence-electron chi connectivity index (χ2n) is 8.31. The van der Waals surface area contributed by atoms with E-state index >= 15 is 0 Å². The zero-order valence-corrected chi connectivity index (χ0v) is 19.9. The Morgan fingerprint density at radius 1 is 1.03 bits per heavy atom. The highest BCUT2D eigenvalue weighted by atomic mass is 16.5. The van der Waals surface area contributed by atoms with Gasteiger partial charge in [0.15, 0.2) is 5.96 Å². The smallest absolute Gasteiger partial charge is 0.343 e. The molecule has 0 saturated heterocycles. The molecule has 3 rings (SSSR count). The maximum Gasteiger partial charge on any atom is 0.343 e. The molecule has 1 heterocycles. The summed E-state index contributed by atoms with van der Waals surface area (Å²) in [7, 11) is 1.69. The predicted molar refractivity (Wildman–Crippen MR) is 133 cm³/mol. The summed E-state index contributed by atoms with van der Waals surface area (Å²) in [6.45, 7) is -1.24. The predicted octanol–water partition coefficient (Wildman–Crippen LogP) is -1.53. The van der Waals surface area contributed by atoms with Gasteiger partial charge in [0.1, 0.15) is 24.1 Å². The number of aliphatic hydroxyl groups is 5. The van der Waals surface area contributed by atoms with Gasteiger partial charge in [0.25, 0.3) is 5.91 Å². The second-order valence-corrected chi connectivity index (χ2v) is 8.31. The maximum atomic E-state index is 12.7. The summed E-state index contributed by atoms with van der Waals surface area (Å²) < 4.78 is 7.10. The molecule has 3 aromatic rings. The van der Waals surface area contributed by atoms with Gasteiger partial charge in [0, 0.05) is 31.2 Å². The number of esters is 1. The fourth-order valence-corrected chi connectivity index (χ4v) is 3.57. The van der Waals surface area contributed by atoms with Crippen LogP contribution in [0.3, 0.4) is 0 Å². The highest BCUT2D eigenvalue weighted by Gasteiger charge is 2.30. The molecule has 1 aromatic heterocycles. The monoisotopic (exact) mass is 515 g/mol. The number of nitrogens with zero attached hydrogens (tertiary/aromatic N) is 2. The first-order valence-electron chi connectivity index (χ1n) is 11.1. The van der Waals surface area contributed by atoms with Gasteiger partial charge in [-0.05, 0) is 36.4 Å². The van der Waals surface area contributed by atoms with Crippen molar-refractivity contribution in [2.75, 3.05) is 13.2 Å². The van der Waals surface area contributed by atoms with Crippen LogP contribution in [0, 0.1) is 0 Å². The fraction of sp³-hybridized carbons (Fsp3) is 0.292. The number of aromatic nitrogens is 1. The Bertz CT molecular complexity index is 1290. The van der Waals surface area contributed by atoms with Crippen LogP contribution in [0.4, 0.5) is 5.69 Å². The van der Waals surface area contributed by atoms with Crippen molar-refractivity contribution in [1.82, 2.24) is 9.88 Å². The molecule has 0 unspecified atom stereocenters. The van der Waals surface area contributed by atoms with Gasteiger partial charge in [-0.1, -0.05) is 0 Å². The highest BCUT2D eigenvalue weighted by Crippen LogP contribution is 2.26. The van der Waals surface area contributed by atoms with Crippen LogP contribution >= 0.6 is 0 Å². The second kappa shape index (κ2) is 11.8. The molecule has 0 fully saturated rings. The number of guanidine groups is 1. The summed E-state index contributed by atoms with van der Waals surface area (Å²) in [5, 5.41) is 50.9. The number of nitrogens with one attached hydrogen (secondary N) is 1. The van der Waals surface area contributed by atoms with Crippen molar-refractivity contribution >= 4 is 34.4 Å². The summed E-state index contributed by atoms with van der Waals surface area (Å²) in [6.07, 6.45) is -5.30. The number of hydrogen-bond acceptors (Lipinski definition) is 9. The van der Waals surface area contributed by atoms with E-state index in [9.17, 15) is 30.0 Å². The summed E-state index contributed by atoms with van der Waals surface area (Å²) in [5.74, 6) is -1.04. The highest BCUT2D eigenvalue weighted by molar-refractivity contribution is 6.07. The number of hydrogen-bond donors (Lipinski definition) is 8. The number of carbonyl (C=O) groups excluding carboxylic acids is 2. The van der Waals surface area contributed by atoms with E-state index in [0.717, 1.165) is 0 Å². The van der Waals surface area contributed by atoms with E-state index in [4.69, 9.17) is 21.3 Å². The molecule has 0 aliphatic heterocycles. The number of carbonyl (C=O) groups is 2. The molecule has 0 aliphatic carbocycles. The molecule has 13 nitrogen and oxygen atoms in total. The molecule has 198 valence electrons. The van der Waals surface area contributed by atoms with E-state index in [1.54, 1.807) is 42.1 Å². The average molecular weight is 516 g/mol. The van der Waals surface area contributed by atoms with Crippen molar-refractivity contribution < 1.29 is 39.9 Å². The molecule has 10 N–H and O–H groups in total. The van der Waals surface area contributed by atoms with E-state index < -0.39 is 49.4 Å². The number of aryl methyl sites for hydroxylation is 1. The lowest BCUT2D eigenvalue weighted by Gasteiger charge is -2.25. The average Bonchev–Trinajstić information content (AvgIpc) is 3.21. The summed E-state index contributed by atoms with van der Waals surface area (Å²) in [5.41, 5.74) is 12.3. The van der Waals surface area contributed by atoms with Gasteiger partial charge in [-0.3, -0.25) is 4.79 Å². The number of fused-ring (bicyclic) bond motifs is 1. The van der Waals surface area contributed by atoms with Gasteiger partial charge in [-0.2, -0.15) is 0 Å². The molecule has 37 heavy (non-hydrogen) atoms. The lowest BCUT2D eigenvalue weighted by molar-refractivity contribution is -0.113. The van der Waals surface area contributed by atoms with Crippen molar-refractivity contribution in [2.24, 2.45) is 23.5 Å². The molecule has 0 spiro atoms. The largest absolute Gasteiger partial charge is 0.423 e. The minimum atomic E-state index is -1.80. The minimum absolute atomic E-state index is 0.107. The van der Waals surface area contributed by atoms with Crippen molar-refractivity contribution in [2.45, 2.75) is 24.4 Å². The van der Waals surface area contributed by atoms with Gasteiger partial charge in [-0.15, -0.1) is 0 Å². The third-order valence-corrected chi connectivity index (χ3v) is 5.58. The quantitative estimate of drug-likeness (QED) is 0.0672. The number of amides is 1. The maximum absolute atomic E-state index is 12.7. The third-order valence-electron chi connectivity index (χ3n) is 5.58. The lowest BCUT2D eigenvalue weighted by Crippen LogP contribution is -2.49. The zero-order chi connectivity index (χ0) is 27.3. The van der Waals surface area contributed by atoms with Crippen molar-refractivity contribution in [3.8, 4) is 5.75 Å². The molecule has 4 atom stereocenters. The van der Waals surface area contributed by atoms with Gasteiger partial charge >= 0.3 is 5.97 Å². The van der Waals surface area contributed by atoms with Crippen molar-refractivity contribution in [3.05, 3.63) is 59.8 Å². The molecule has 0 radical (unpaired) electrons. The topological polar surface area (TPSA) is 226 Å². The molecule has 13 heteroatoms. The van der Waals surface area contributed by atoms with Crippen molar-refractivity contribution in [3.63, 3.8) is 0 Å². The number of benzene rings is 2. The summed E-state index contributed by atoms with van der Waals surface area (Å²) in [6, 6.07) is 10.9. The molecule has 1 amide bonds. The van der Waals surface area contributed by atoms with Gasteiger partial charge < -0.3 is 51.6 Å². The summed E-state index contributed by atoms with van der Waals surface area (Å²) >= 11 is 0. The van der Waals surface area contributed by atoms with Crippen LogP contribution in [0.1, 0.15) is 20.7 Å².